The van der Waals surface area contributed by atoms with Crippen LogP contribution in [0.4, 0.5) is 11.8 Å². The Kier molecular flexibility index (Phi) is 4.13. The molecule has 0 bridgehead atoms. The van der Waals surface area contributed by atoms with Crippen LogP contribution in [-0.4, -0.2) is 16.2 Å². The molecule has 4 rings (SSSR count). The molecule has 1 aromatic heterocycles. The molecule has 0 radical (unpaired) electrons. The number of fused-ring (bicyclic) bond motifs is 1. The summed E-state index contributed by atoms with van der Waals surface area (Å²) in [5, 5.41) is 3.37. The van der Waals surface area contributed by atoms with Crippen LogP contribution in [0.3, 0.4) is 0 Å². The summed E-state index contributed by atoms with van der Waals surface area (Å²) < 4.78 is 0. The number of aryl methyl sites for hydroxylation is 1. The first-order valence-corrected chi connectivity index (χ1v) is 8.67. The first-order valence-electron chi connectivity index (χ1n) is 8.67. The summed E-state index contributed by atoms with van der Waals surface area (Å²) >= 11 is 0. The molecule has 0 spiro atoms. The number of nitrogens with zero attached hydrogens (tertiary/aromatic N) is 3. The van der Waals surface area contributed by atoms with Crippen LogP contribution >= 0.6 is 0 Å². The highest BCUT2D eigenvalue weighted by molar-refractivity contribution is 5.84. The van der Waals surface area contributed by atoms with E-state index in [1.165, 1.54) is 27.8 Å². The Morgan fingerprint density at radius 1 is 1.08 bits per heavy atom. The van der Waals surface area contributed by atoms with Gasteiger partial charge in [-0.25, -0.2) is 4.98 Å². The van der Waals surface area contributed by atoms with Crippen molar-refractivity contribution in [1.82, 2.24) is 9.97 Å². The smallest absolute Gasteiger partial charge is 0.222 e. The number of anilines is 2. The lowest BCUT2D eigenvalue weighted by Gasteiger charge is -2.12. The molecular weight excluding hydrogens is 322 g/mol. The van der Waals surface area contributed by atoms with E-state index in [1.54, 1.807) is 0 Å². The van der Waals surface area contributed by atoms with Gasteiger partial charge in [0.2, 0.25) is 5.95 Å². The van der Waals surface area contributed by atoms with Crippen molar-refractivity contribution in [2.45, 2.75) is 26.9 Å². The fraction of sp³-hybridized carbons (Fsp3) is 0.190. The first-order chi connectivity index (χ1) is 12.6. The van der Waals surface area contributed by atoms with E-state index in [-0.39, 0.29) is 5.95 Å². The Balaban J connectivity index is 1.58. The maximum absolute atomic E-state index is 5.95. The Morgan fingerprint density at radius 2 is 1.96 bits per heavy atom. The highest BCUT2D eigenvalue weighted by Gasteiger charge is 2.10. The van der Waals surface area contributed by atoms with E-state index in [4.69, 9.17) is 5.73 Å². The lowest BCUT2D eigenvalue weighted by molar-refractivity contribution is 1.06. The van der Waals surface area contributed by atoms with Crippen molar-refractivity contribution in [2.24, 2.45) is 4.99 Å². The molecule has 1 aliphatic heterocycles. The average molecular weight is 343 g/mol. The van der Waals surface area contributed by atoms with Crippen LogP contribution in [0.25, 0.3) is 11.3 Å². The summed E-state index contributed by atoms with van der Waals surface area (Å²) in [4.78, 5) is 13.0. The van der Waals surface area contributed by atoms with Crippen LogP contribution in [0.15, 0.2) is 47.5 Å². The van der Waals surface area contributed by atoms with Gasteiger partial charge in [0.1, 0.15) is 5.82 Å². The minimum Gasteiger partial charge on any atom is -0.368 e. The van der Waals surface area contributed by atoms with Crippen LogP contribution in [0.1, 0.15) is 27.8 Å². The molecule has 2 heterocycles. The van der Waals surface area contributed by atoms with Crippen molar-refractivity contribution in [2.75, 3.05) is 11.1 Å². The number of nitrogens with one attached hydrogen (secondary N) is 1. The molecular formula is C21H21N5. The van der Waals surface area contributed by atoms with Gasteiger partial charge in [-0.15, -0.1) is 0 Å². The van der Waals surface area contributed by atoms with Crippen molar-refractivity contribution in [3.63, 3.8) is 0 Å². The topological polar surface area (TPSA) is 76.2 Å². The van der Waals surface area contributed by atoms with Gasteiger partial charge in [0, 0.05) is 24.4 Å². The number of hydrogen-bond donors (Lipinski definition) is 2. The van der Waals surface area contributed by atoms with Crippen LogP contribution in [0.5, 0.6) is 0 Å². The van der Waals surface area contributed by atoms with Gasteiger partial charge in [-0.2, -0.15) is 4.98 Å². The number of nitrogens with two attached hydrogens (primary N) is 1. The summed E-state index contributed by atoms with van der Waals surface area (Å²) in [6.07, 6.45) is 1.92. The van der Waals surface area contributed by atoms with E-state index in [0.717, 1.165) is 23.6 Å². The molecule has 0 atom stereocenters. The molecule has 130 valence electrons. The van der Waals surface area contributed by atoms with Gasteiger partial charge in [-0.05, 0) is 41.7 Å². The monoisotopic (exact) mass is 343 g/mol. The second kappa shape index (κ2) is 6.59. The maximum atomic E-state index is 5.95. The minimum absolute atomic E-state index is 0.272. The molecule has 3 N–H and O–H groups in total. The van der Waals surface area contributed by atoms with E-state index in [1.807, 2.05) is 18.3 Å². The van der Waals surface area contributed by atoms with Crippen molar-refractivity contribution in [1.29, 1.82) is 0 Å². The molecule has 0 unspecified atom stereocenters. The largest absolute Gasteiger partial charge is 0.368 e. The molecule has 0 aliphatic carbocycles. The third-order valence-corrected chi connectivity index (χ3v) is 4.80. The van der Waals surface area contributed by atoms with Crippen LogP contribution in [0, 0.1) is 13.8 Å². The van der Waals surface area contributed by atoms with E-state index in [0.29, 0.717) is 6.54 Å². The Labute approximate surface area is 153 Å². The van der Waals surface area contributed by atoms with Gasteiger partial charge < -0.3 is 11.1 Å². The van der Waals surface area contributed by atoms with Gasteiger partial charge in [-0.3, -0.25) is 4.99 Å². The van der Waals surface area contributed by atoms with Crippen molar-refractivity contribution in [3.8, 4) is 11.3 Å². The highest BCUT2D eigenvalue weighted by atomic mass is 15.1. The van der Waals surface area contributed by atoms with Crippen molar-refractivity contribution >= 4 is 18.0 Å². The van der Waals surface area contributed by atoms with Crippen molar-refractivity contribution < 1.29 is 0 Å². The Morgan fingerprint density at radius 3 is 2.85 bits per heavy atom. The zero-order valence-electron chi connectivity index (χ0n) is 15.0. The molecule has 5 heteroatoms. The predicted octanol–water partition coefficient (Wildman–Crippen LogP) is 3.89. The molecule has 0 saturated heterocycles. The maximum Gasteiger partial charge on any atom is 0.222 e. The lowest BCUT2D eigenvalue weighted by Crippen LogP contribution is -2.06. The molecule has 5 nitrogen and oxygen atoms in total. The van der Waals surface area contributed by atoms with Gasteiger partial charge in [0.15, 0.2) is 0 Å². The number of nitrogen functional groups attached to an aromatic ring is 1. The van der Waals surface area contributed by atoms with Crippen LogP contribution < -0.4 is 11.1 Å². The van der Waals surface area contributed by atoms with E-state index in [9.17, 15) is 0 Å². The second-order valence-electron chi connectivity index (χ2n) is 6.60. The zero-order valence-corrected chi connectivity index (χ0v) is 15.0. The molecule has 0 saturated carbocycles. The fourth-order valence-electron chi connectivity index (χ4n) is 3.19. The third kappa shape index (κ3) is 3.16. The fourth-order valence-corrected chi connectivity index (χ4v) is 3.19. The molecule has 26 heavy (non-hydrogen) atoms. The van der Waals surface area contributed by atoms with E-state index < -0.39 is 0 Å². The Hall–Kier alpha value is -3.21. The number of aromatic nitrogens is 2. The number of benzene rings is 2. The van der Waals surface area contributed by atoms with Crippen LogP contribution in [-0.2, 0) is 13.1 Å². The third-order valence-electron chi connectivity index (χ3n) is 4.80. The van der Waals surface area contributed by atoms with Gasteiger partial charge in [-0.1, -0.05) is 36.4 Å². The van der Waals surface area contributed by atoms with Crippen molar-refractivity contribution in [3.05, 3.63) is 70.3 Å². The number of hydrogen-bond acceptors (Lipinski definition) is 5. The predicted molar refractivity (Wildman–Crippen MR) is 106 cm³/mol. The highest BCUT2D eigenvalue weighted by Crippen LogP contribution is 2.26. The summed E-state index contributed by atoms with van der Waals surface area (Å²) in [6.45, 7) is 5.64. The zero-order chi connectivity index (χ0) is 18.1. The normalized spacial score (nSPS) is 12.2. The number of aliphatic imine (C=N–C) groups is 1. The SMILES string of the molecule is Cc1cccc(-c2cc(NCc3ccc4c(c3)CN=C4)nc(N)n2)c1C. The molecule has 0 amide bonds. The molecule has 0 fully saturated rings. The second-order valence-corrected chi connectivity index (χ2v) is 6.60. The minimum atomic E-state index is 0.272. The van der Waals surface area contributed by atoms with E-state index in [2.05, 4.69) is 64.5 Å². The number of rotatable bonds is 4. The molecule has 2 aromatic carbocycles. The summed E-state index contributed by atoms with van der Waals surface area (Å²) in [6, 6.07) is 14.6. The average Bonchev–Trinajstić information content (AvgIpc) is 3.09. The summed E-state index contributed by atoms with van der Waals surface area (Å²) in [5.74, 6) is 0.999. The quantitative estimate of drug-likeness (QED) is 0.753. The van der Waals surface area contributed by atoms with Gasteiger partial charge in [0.05, 0.1) is 12.2 Å². The molecule has 3 aromatic rings. The first kappa shape index (κ1) is 16.3. The standard InChI is InChI=1S/C21H21N5/c1-13-4-3-5-18(14(13)2)19-9-20(26-21(22)25-19)24-10-15-6-7-16-11-23-12-17(16)8-15/h3-9,11H,10,12H2,1-2H3,(H3,22,24,25,26). The summed E-state index contributed by atoms with van der Waals surface area (Å²) in [7, 11) is 0. The Bertz CT molecular complexity index is 1010. The van der Waals surface area contributed by atoms with Gasteiger partial charge in [0.25, 0.3) is 0 Å². The molecule has 1 aliphatic rings. The van der Waals surface area contributed by atoms with E-state index >= 15 is 0 Å². The van der Waals surface area contributed by atoms with Crippen LogP contribution in [0.2, 0.25) is 0 Å². The lowest BCUT2D eigenvalue weighted by atomic mass is 10.0. The van der Waals surface area contributed by atoms with Gasteiger partial charge >= 0.3 is 0 Å². The summed E-state index contributed by atoms with van der Waals surface area (Å²) in [5.41, 5.74) is 14.0.